The van der Waals surface area contributed by atoms with E-state index in [1.54, 1.807) is 0 Å². The lowest BCUT2D eigenvalue weighted by atomic mass is 9.98. The molecule has 6 nitrogen and oxygen atoms in total. The number of hydrogen-bond acceptors (Lipinski definition) is 4. The van der Waals surface area contributed by atoms with Crippen LogP contribution in [0.15, 0.2) is 22.9 Å². The maximum atomic E-state index is 5.37. The largest absolute Gasteiger partial charge is 0.361 e. The Labute approximate surface area is 139 Å². The second kappa shape index (κ2) is 5.06. The number of benzene rings is 1. The fourth-order valence-electron chi connectivity index (χ4n) is 3.33. The number of aromatic amines is 1. The van der Waals surface area contributed by atoms with Crippen molar-refractivity contribution in [2.75, 3.05) is 0 Å². The van der Waals surface area contributed by atoms with Crippen molar-refractivity contribution in [1.29, 1.82) is 0 Å². The average Bonchev–Trinajstić information content (AvgIpc) is 3.15. The van der Waals surface area contributed by atoms with Crippen LogP contribution in [0.1, 0.15) is 22.8 Å². The van der Waals surface area contributed by atoms with Crippen molar-refractivity contribution in [2.45, 2.75) is 27.7 Å². The first-order valence-corrected chi connectivity index (χ1v) is 7.88. The van der Waals surface area contributed by atoms with Crippen molar-refractivity contribution >= 4 is 11.0 Å². The topological polar surface area (TPSA) is 72.5 Å². The van der Waals surface area contributed by atoms with E-state index in [2.05, 4.69) is 39.3 Å². The number of fused-ring (bicyclic) bond motifs is 1. The average molecular weight is 321 g/mol. The van der Waals surface area contributed by atoms with Gasteiger partial charge in [0, 0.05) is 29.9 Å². The molecule has 0 atom stereocenters. The number of H-pyrrole nitrogens is 1. The third-order valence-electron chi connectivity index (χ3n) is 4.29. The number of hydrogen-bond donors (Lipinski definition) is 1. The first-order valence-electron chi connectivity index (χ1n) is 7.88. The molecule has 1 N–H and O–H groups in total. The predicted molar refractivity (Wildman–Crippen MR) is 92.7 cm³/mol. The van der Waals surface area contributed by atoms with Gasteiger partial charge in [0.1, 0.15) is 11.6 Å². The van der Waals surface area contributed by atoms with Gasteiger partial charge in [-0.1, -0.05) is 5.16 Å². The summed E-state index contributed by atoms with van der Waals surface area (Å²) in [7, 11) is 1.94. The van der Waals surface area contributed by atoms with Crippen LogP contribution >= 0.6 is 0 Å². The molecule has 0 aliphatic heterocycles. The Morgan fingerprint density at radius 1 is 1.12 bits per heavy atom. The van der Waals surface area contributed by atoms with Crippen LogP contribution < -0.4 is 0 Å². The molecule has 0 radical (unpaired) electrons. The summed E-state index contributed by atoms with van der Waals surface area (Å²) >= 11 is 0. The highest BCUT2D eigenvalue weighted by Crippen LogP contribution is 2.36. The number of aryl methyl sites for hydroxylation is 5. The third kappa shape index (κ3) is 2.14. The molecule has 3 heterocycles. The summed E-state index contributed by atoms with van der Waals surface area (Å²) in [4.78, 5) is 8.00. The molecule has 24 heavy (non-hydrogen) atoms. The minimum atomic E-state index is 0.796. The molecule has 4 rings (SSSR count). The fourth-order valence-corrected chi connectivity index (χ4v) is 3.33. The standard InChI is InChI=1S/C18H19N5O/c1-9-8-23(5)21-17(9)13-6-14(16-10(2)22-24-11(16)3)18-15(7-13)19-12(4)20-18/h6-8H,1-5H3,(H,19,20). The number of imidazole rings is 1. The molecule has 122 valence electrons. The van der Waals surface area contributed by atoms with Crippen LogP contribution in [0.2, 0.25) is 0 Å². The Bertz CT molecular complexity index is 1050. The van der Waals surface area contributed by atoms with E-state index in [0.717, 1.165) is 56.3 Å². The van der Waals surface area contributed by atoms with Gasteiger partial charge in [0.05, 0.1) is 22.4 Å². The molecule has 0 aliphatic rings. The zero-order chi connectivity index (χ0) is 17.0. The van der Waals surface area contributed by atoms with E-state index >= 15 is 0 Å². The molecule has 4 aromatic rings. The highest BCUT2D eigenvalue weighted by Gasteiger charge is 2.19. The number of nitrogens with one attached hydrogen (secondary N) is 1. The lowest BCUT2D eigenvalue weighted by molar-refractivity contribution is 0.393. The van der Waals surface area contributed by atoms with Gasteiger partial charge in [0.2, 0.25) is 0 Å². The minimum Gasteiger partial charge on any atom is -0.361 e. The summed E-state index contributed by atoms with van der Waals surface area (Å²) in [5.41, 5.74) is 7.97. The van der Waals surface area contributed by atoms with Gasteiger partial charge in [-0.2, -0.15) is 5.10 Å². The molecule has 0 fully saturated rings. The van der Waals surface area contributed by atoms with Crippen molar-refractivity contribution < 1.29 is 4.52 Å². The summed E-state index contributed by atoms with van der Waals surface area (Å²) in [5.74, 6) is 1.68. The first-order chi connectivity index (χ1) is 11.4. The highest BCUT2D eigenvalue weighted by molar-refractivity contribution is 5.96. The third-order valence-corrected chi connectivity index (χ3v) is 4.29. The van der Waals surface area contributed by atoms with Gasteiger partial charge in [-0.25, -0.2) is 4.98 Å². The Morgan fingerprint density at radius 2 is 1.92 bits per heavy atom. The molecule has 0 bridgehead atoms. The van der Waals surface area contributed by atoms with E-state index in [0.29, 0.717) is 0 Å². The summed E-state index contributed by atoms with van der Waals surface area (Å²) in [6, 6.07) is 4.23. The zero-order valence-corrected chi connectivity index (χ0v) is 14.4. The van der Waals surface area contributed by atoms with Gasteiger partial charge in [0.25, 0.3) is 0 Å². The predicted octanol–water partition coefficient (Wildman–Crippen LogP) is 3.85. The van der Waals surface area contributed by atoms with Gasteiger partial charge < -0.3 is 9.51 Å². The van der Waals surface area contributed by atoms with E-state index in [1.165, 1.54) is 0 Å². The molecular weight excluding hydrogens is 302 g/mol. The van der Waals surface area contributed by atoms with Crippen molar-refractivity contribution in [1.82, 2.24) is 24.9 Å². The van der Waals surface area contributed by atoms with Crippen molar-refractivity contribution in [3.8, 4) is 22.4 Å². The van der Waals surface area contributed by atoms with Crippen molar-refractivity contribution in [2.24, 2.45) is 7.05 Å². The van der Waals surface area contributed by atoms with Crippen molar-refractivity contribution in [3.63, 3.8) is 0 Å². The number of rotatable bonds is 2. The summed E-state index contributed by atoms with van der Waals surface area (Å²) in [6.07, 6.45) is 2.02. The van der Waals surface area contributed by atoms with Crippen LogP contribution in [0, 0.1) is 27.7 Å². The van der Waals surface area contributed by atoms with Crippen molar-refractivity contribution in [3.05, 3.63) is 41.2 Å². The van der Waals surface area contributed by atoms with Gasteiger partial charge in [-0.15, -0.1) is 0 Å². The summed E-state index contributed by atoms with van der Waals surface area (Å²) in [6.45, 7) is 7.92. The van der Waals surface area contributed by atoms with Gasteiger partial charge in [0.15, 0.2) is 0 Å². The summed E-state index contributed by atoms with van der Waals surface area (Å²) < 4.78 is 7.21. The molecule has 3 aromatic heterocycles. The molecule has 6 heteroatoms. The first kappa shape index (κ1) is 14.7. The minimum absolute atomic E-state index is 0.796. The number of nitrogens with zero attached hydrogens (tertiary/aromatic N) is 4. The van der Waals surface area contributed by atoms with E-state index in [4.69, 9.17) is 4.52 Å². The van der Waals surface area contributed by atoms with Crippen LogP contribution in [0.3, 0.4) is 0 Å². The normalized spacial score (nSPS) is 11.5. The SMILES string of the molecule is Cc1nc2c(-c3c(C)noc3C)cc(-c3nn(C)cc3C)cc2[nH]1. The van der Waals surface area contributed by atoms with E-state index in [1.807, 2.05) is 38.7 Å². The van der Waals surface area contributed by atoms with E-state index < -0.39 is 0 Å². The van der Waals surface area contributed by atoms with Crippen LogP contribution in [-0.2, 0) is 7.05 Å². The van der Waals surface area contributed by atoms with Gasteiger partial charge >= 0.3 is 0 Å². The fraction of sp³-hybridized carbons (Fsp3) is 0.278. The smallest absolute Gasteiger partial charge is 0.141 e. The molecule has 0 saturated carbocycles. The molecule has 0 unspecified atom stereocenters. The summed E-state index contributed by atoms with van der Waals surface area (Å²) in [5, 5.41) is 8.70. The Morgan fingerprint density at radius 3 is 2.54 bits per heavy atom. The van der Waals surface area contributed by atoms with Gasteiger partial charge in [-0.05, 0) is 45.4 Å². The molecule has 1 aromatic carbocycles. The number of aromatic nitrogens is 5. The molecule has 0 saturated heterocycles. The quantitative estimate of drug-likeness (QED) is 0.608. The molecule has 0 spiro atoms. The lowest BCUT2D eigenvalue weighted by Gasteiger charge is -2.06. The van der Waals surface area contributed by atoms with Gasteiger partial charge in [-0.3, -0.25) is 4.68 Å². The maximum Gasteiger partial charge on any atom is 0.141 e. The van der Waals surface area contributed by atoms with Crippen LogP contribution in [0.4, 0.5) is 0 Å². The monoisotopic (exact) mass is 321 g/mol. The molecule has 0 aliphatic carbocycles. The highest BCUT2D eigenvalue weighted by atomic mass is 16.5. The second-order valence-electron chi connectivity index (χ2n) is 6.28. The van der Waals surface area contributed by atoms with E-state index in [9.17, 15) is 0 Å². The van der Waals surface area contributed by atoms with Crippen LogP contribution in [0.5, 0.6) is 0 Å². The maximum absolute atomic E-state index is 5.37. The van der Waals surface area contributed by atoms with Crippen LogP contribution in [0.25, 0.3) is 33.4 Å². The Kier molecular flexibility index (Phi) is 3.09. The second-order valence-corrected chi connectivity index (χ2v) is 6.28. The van der Waals surface area contributed by atoms with E-state index in [-0.39, 0.29) is 0 Å². The molecule has 0 amide bonds. The zero-order valence-electron chi connectivity index (χ0n) is 14.4. The molecular formula is C18H19N5O. The lowest BCUT2D eigenvalue weighted by Crippen LogP contribution is -1.90. The Hall–Kier alpha value is -2.89. The Balaban J connectivity index is 2.07. The van der Waals surface area contributed by atoms with Crippen LogP contribution in [-0.4, -0.2) is 24.9 Å².